The van der Waals surface area contributed by atoms with Gasteiger partial charge in [-0.05, 0) is 70.6 Å². The summed E-state index contributed by atoms with van der Waals surface area (Å²) in [5.74, 6) is -0.0450. The van der Waals surface area contributed by atoms with Crippen LogP contribution in [0.25, 0.3) is 0 Å². The molecular formula is C20H47N5. The zero-order valence-corrected chi connectivity index (χ0v) is 17.1. The van der Waals surface area contributed by atoms with Gasteiger partial charge in [0.1, 0.15) is 5.79 Å². The molecule has 0 aliphatic heterocycles. The average molecular weight is 358 g/mol. The lowest BCUT2D eigenvalue weighted by atomic mass is 10.0. The quantitative estimate of drug-likeness (QED) is 0.181. The SMILES string of the molecule is CC(C)CCC(N)(N)NCCCCCCCNCCCCCCCN. The van der Waals surface area contributed by atoms with Crippen LogP contribution in [-0.2, 0) is 0 Å². The van der Waals surface area contributed by atoms with E-state index in [0.29, 0.717) is 5.92 Å². The Morgan fingerprint density at radius 3 is 1.72 bits per heavy atom. The topological polar surface area (TPSA) is 102 Å². The van der Waals surface area contributed by atoms with Crippen LogP contribution in [0.5, 0.6) is 0 Å². The Morgan fingerprint density at radius 2 is 1.20 bits per heavy atom. The van der Waals surface area contributed by atoms with Gasteiger partial charge in [-0.15, -0.1) is 0 Å². The molecule has 0 saturated heterocycles. The van der Waals surface area contributed by atoms with E-state index in [4.69, 9.17) is 17.2 Å². The Morgan fingerprint density at radius 1 is 0.720 bits per heavy atom. The van der Waals surface area contributed by atoms with Gasteiger partial charge in [-0.2, -0.15) is 0 Å². The van der Waals surface area contributed by atoms with Crippen LogP contribution in [0.4, 0.5) is 0 Å². The molecule has 0 radical (unpaired) electrons. The van der Waals surface area contributed by atoms with E-state index in [1.54, 1.807) is 0 Å². The number of nitrogens with one attached hydrogen (secondary N) is 2. The van der Waals surface area contributed by atoms with Crippen molar-refractivity contribution in [1.82, 2.24) is 10.6 Å². The van der Waals surface area contributed by atoms with Crippen LogP contribution in [0.15, 0.2) is 0 Å². The van der Waals surface area contributed by atoms with E-state index in [2.05, 4.69) is 24.5 Å². The fourth-order valence-corrected chi connectivity index (χ4v) is 2.89. The maximum Gasteiger partial charge on any atom is 0.118 e. The first-order valence-electron chi connectivity index (χ1n) is 10.7. The molecule has 0 rings (SSSR count). The second-order valence-electron chi connectivity index (χ2n) is 7.97. The van der Waals surface area contributed by atoms with Crippen molar-refractivity contribution in [1.29, 1.82) is 0 Å². The van der Waals surface area contributed by atoms with Gasteiger partial charge in [0.2, 0.25) is 0 Å². The number of nitrogens with two attached hydrogens (primary N) is 3. The Hall–Kier alpha value is -0.200. The molecule has 0 aromatic rings. The molecule has 0 unspecified atom stereocenters. The fraction of sp³-hybridized carbons (Fsp3) is 1.00. The Labute approximate surface area is 157 Å². The molecule has 0 aliphatic rings. The molecule has 8 N–H and O–H groups in total. The number of unbranched alkanes of at least 4 members (excludes halogenated alkanes) is 8. The zero-order chi connectivity index (χ0) is 18.8. The molecule has 5 heteroatoms. The molecule has 0 aromatic carbocycles. The lowest BCUT2D eigenvalue weighted by Crippen LogP contribution is -2.61. The van der Waals surface area contributed by atoms with Crippen molar-refractivity contribution in [2.75, 3.05) is 26.2 Å². The molecule has 0 aromatic heterocycles. The molecule has 0 saturated carbocycles. The summed E-state index contributed by atoms with van der Waals surface area (Å²) in [6.45, 7) is 8.49. The van der Waals surface area contributed by atoms with Crippen LogP contribution in [0.2, 0.25) is 0 Å². The molecule has 152 valence electrons. The van der Waals surface area contributed by atoms with E-state index in [1.165, 1.54) is 57.8 Å². The van der Waals surface area contributed by atoms with Crippen molar-refractivity contribution >= 4 is 0 Å². The number of hydrogen-bond acceptors (Lipinski definition) is 5. The molecule has 5 nitrogen and oxygen atoms in total. The van der Waals surface area contributed by atoms with Crippen molar-refractivity contribution in [3.8, 4) is 0 Å². The van der Waals surface area contributed by atoms with E-state index in [0.717, 1.165) is 45.4 Å². The van der Waals surface area contributed by atoms with Crippen molar-refractivity contribution in [3.63, 3.8) is 0 Å². The third kappa shape index (κ3) is 20.0. The highest BCUT2D eigenvalue weighted by Crippen LogP contribution is 2.08. The maximum atomic E-state index is 6.07. The van der Waals surface area contributed by atoms with Gasteiger partial charge in [-0.25, -0.2) is 0 Å². The van der Waals surface area contributed by atoms with E-state index in [1.807, 2.05) is 0 Å². The van der Waals surface area contributed by atoms with Gasteiger partial charge in [0.05, 0.1) is 0 Å². The minimum absolute atomic E-state index is 0.651. The largest absolute Gasteiger partial charge is 0.330 e. The van der Waals surface area contributed by atoms with Gasteiger partial charge in [0, 0.05) is 0 Å². The molecule has 0 amide bonds. The predicted octanol–water partition coefficient (Wildman–Crippen LogP) is 3.03. The summed E-state index contributed by atoms with van der Waals surface area (Å²) in [6, 6.07) is 0. The van der Waals surface area contributed by atoms with Gasteiger partial charge < -0.3 is 22.5 Å². The van der Waals surface area contributed by atoms with Crippen molar-refractivity contribution < 1.29 is 0 Å². The predicted molar refractivity (Wildman–Crippen MR) is 111 cm³/mol. The molecule has 0 heterocycles. The lowest BCUT2D eigenvalue weighted by molar-refractivity contribution is 0.295. The molecule has 0 spiro atoms. The van der Waals surface area contributed by atoms with Gasteiger partial charge >= 0.3 is 0 Å². The first kappa shape index (κ1) is 24.8. The standard InChI is InChI=1S/C20H47N5/c1-19(2)13-14-20(22,23)25-18-12-8-4-7-11-17-24-16-10-6-3-5-9-15-21/h19,24-25H,3-18,21-23H2,1-2H3. The molecule has 25 heavy (non-hydrogen) atoms. The fourth-order valence-electron chi connectivity index (χ4n) is 2.89. The summed E-state index contributed by atoms with van der Waals surface area (Å²) in [5, 5.41) is 6.85. The van der Waals surface area contributed by atoms with E-state index in [-0.39, 0.29) is 0 Å². The maximum absolute atomic E-state index is 6.07. The number of hydrogen-bond donors (Lipinski definition) is 5. The molecular weight excluding hydrogens is 310 g/mol. The highest BCUT2D eigenvalue weighted by molar-refractivity contribution is 4.74. The minimum Gasteiger partial charge on any atom is -0.330 e. The third-order valence-corrected chi connectivity index (χ3v) is 4.68. The summed E-state index contributed by atoms with van der Waals surface area (Å²) >= 11 is 0. The van der Waals surface area contributed by atoms with Crippen LogP contribution < -0.4 is 27.8 Å². The third-order valence-electron chi connectivity index (χ3n) is 4.68. The van der Waals surface area contributed by atoms with Crippen molar-refractivity contribution in [2.45, 2.75) is 96.7 Å². The summed E-state index contributed by atoms with van der Waals surface area (Å²) < 4.78 is 0. The van der Waals surface area contributed by atoms with Crippen LogP contribution in [-0.4, -0.2) is 32.0 Å². The molecule has 0 atom stereocenters. The van der Waals surface area contributed by atoms with Crippen molar-refractivity contribution in [3.05, 3.63) is 0 Å². The van der Waals surface area contributed by atoms with Gasteiger partial charge in [0.25, 0.3) is 0 Å². The van der Waals surface area contributed by atoms with E-state index < -0.39 is 5.79 Å². The summed E-state index contributed by atoms with van der Waals surface area (Å²) in [4.78, 5) is 0. The van der Waals surface area contributed by atoms with Crippen LogP contribution in [0.3, 0.4) is 0 Å². The average Bonchev–Trinajstić information content (AvgIpc) is 2.56. The molecule has 0 fully saturated rings. The lowest BCUT2D eigenvalue weighted by Gasteiger charge is -2.27. The molecule has 0 aliphatic carbocycles. The number of rotatable bonds is 19. The summed E-state index contributed by atoms with van der Waals surface area (Å²) in [7, 11) is 0. The summed E-state index contributed by atoms with van der Waals surface area (Å²) in [6.07, 6.45) is 14.7. The smallest absolute Gasteiger partial charge is 0.118 e. The minimum atomic E-state index is -0.696. The zero-order valence-electron chi connectivity index (χ0n) is 17.1. The Bertz CT molecular complexity index is 269. The van der Waals surface area contributed by atoms with Gasteiger partial charge in [-0.3, -0.25) is 5.32 Å². The monoisotopic (exact) mass is 357 g/mol. The Kier molecular flexibility index (Phi) is 17.1. The Balaban J connectivity index is 3.21. The molecule has 0 bridgehead atoms. The summed E-state index contributed by atoms with van der Waals surface area (Å²) in [5.41, 5.74) is 17.6. The van der Waals surface area contributed by atoms with Gasteiger partial charge in [0.15, 0.2) is 0 Å². The van der Waals surface area contributed by atoms with E-state index in [9.17, 15) is 0 Å². The second-order valence-corrected chi connectivity index (χ2v) is 7.97. The van der Waals surface area contributed by atoms with Crippen LogP contribution >= 0.6 is 0 Å². The first-order valence-corrected chi connectivity index (χ1v) is 10.7. The van der Waals surface area contributed by atoms with E-state index >= 15 is 0 Å². The highest BCUT2D eigenvalue weighted by atomic mass is 15.2. The van der Waals surface area contributed by atoms with Crippen LogP contribution in [0.1, 0.15) is 90.9 Å². The highest BCUT2D eigenvalue weighted by Gasteiger charge is 2.17. The van der Waals surface area contributed by atoms with Crippen LogP contribution in [0, 0.1) is 5.92 Å². The normalized spacial score (nSPS) is 12.2. The van der Waals surface area contributed by atoms with Gasteiger partial charge in [-0.1, -0.05) is 52.4 Å². The van der Waals surface area contributed by atoms with Crippen molar-refractivity contribution in [2.24, 2.45) is 23.1 Å². The second kappa shape index (κ2) is 17.2. The first-order chi connectivity index (χ1) is 12.0.